The van der Waals surface area contributed by atoms with E-state index in [1.807, 2.05) is 19.2 Å². The Bertz CT molecular complexity index is 754. The van der Waals surface area contributed by atoms with E-state index in [0.29, 0.717) is 30.1 Å². The zero-order valence-electron chi connectivity index (χ0n) is 15.2. The number of carbonyl (C=O) groups excluding carboxylic acids is 3. The van der Waals surface area contributed by atoms with Gasteiger partial charge in [0.25, 0.3) is 0 Å². The Morgan fingerprint density at radius 3 is 2.62 bits per heavy atom. The molecule has 6 nitrogen and oxygen atoms in total. The number of aromatic nitrogens is 2. The van der Waals surface area contributed by atoms with Crippen molar-refractivity contribution >= 4 is 40.1 Å². The first kappa shape index (κ1) is 20.4. The van der Waals surface area contributed by atoms with Gasteiger partial charge in [-0.3, -0.25) is 9.59 Å². The Balaban J connectivity index is 1.95. The first-order valence-electron chi connectivity index (χ1n) is 8.53. The quantitative estimate of drug-likeness (QED) is 0.492. The molecule has 0 spiro atoms. The molecular weight excluding hydrogens is 370 g/mol. The molecule has 1 N–H and O–H groups in total. The van der Waals surface area contributed by atoms with E-state index in [4.69, 9.17) is 0 Å². The van der Waals surface area contributed by atoms with Crippen molar-refractivity contribution in [2.75, 3.05) is 6.54 Å². The molecule has 0 aliphatic heterocycles. The largest absolute Gasteiger partial charge is 0.356 e. The summed E-state index contributed by atoms with van der Waals surface area (Å²) in [4.78, 5) is 44.5. The molecule has 0 fully saturated rings. The number of hydrogen-bond acceptors (Lipinski definition) is 7. The summed E-state index contributed by atoms with van der Waals surface area (Å²) in [6, 6.07) is 0. The van der Waals surface area contributed by atoms with Gasteiger partial charge in [-0.25, -0.2) is 9.97 Å². The summed E-state index contributed by atoms with van der Waals surface area (Å²) in [5.41, 5.74) is 2.87. The lowest BCUT2D eigenvalue weighted by Crippen LogP contribution is -2.35. The normalized spacial score (nSPS) is 12.2. The summed E-state index contributed by atoms with van der Waals surface area (Å²) < 4.78 is 0. The zero-order valence-corrected chi connectivity index (χ0v) is 16.8. The molecule has 0 radical (unpaired) electrons. The Morgan fingerprint density at radius 1 is 1.23 bits per heavy atom. The third-order valence-corrected chi connectivity index (χ3v) is 5.44. The fraction of sp³-hybridized carbons (Fsp3) is 0.500. The second-order valence-electron chi connectivity index (χ2n) is 6.49. The Labute approximate surface area is 161 Å². The average Bonchev–Trinajstić information content (AvgIpc) is 3.26. The summed E-state index contributed by atoms with van der Waals surface area (Å²) in [6.45, 7) is 5.83. The molecule has 2 rings (SSSR count). The second-order valence-corrected chi connectivity index (χ2v) is 8.06. The maximum atomic E-state index is 12.6. The van der Waals surface area contributed by atoms with Crippen molar-refractivity contribution in [3.05, 3.63) is 22.0 Å². The van der Waals surface area contributed by atoms with Gasteiger partial charge in [0.15, 0.2) is 5.78 Å². The zero-order chi connectivity index (χ0) is 19.1. The molecule has 0 unspecified atom stereocenters. The highest BCUT2D eigenvalue weighted by Crippen LogP contribution is 2.25. The maximum Gasteiger partial charge on any atom is 0.223 e. The van der Waals surface area contributed by atoms with E-state index < -0.39 is 5.92 Å². The van der Waals surface area contributed by atoms with Crippen LogP contribution < -0.4 is 5.32 Å². The van der Waals surface area contributed by atoms with Gasteiger partial charge in [0.05, 0.1) is 5.51 Å². The van der Waals surface area contributed by atoms with Crippen molar-refractivity contribution in [2.24, 2.45) is 11.8 Å². The van der Waals surface area contributed by atoms with Crippen molar-refractivity contribution < 1.29 is 14.4 Å². The Kier molecular flexibility index (Phi) is 7.59. The van der Waals surface area contributed by atoms with Crippen LogP contribution in [0.15, 0.2) is 16.3 Å². The SMILES string of the molecule is CC(=O)CCCNC(=O)[C@@H](CC(=O)c1csc(-c2cscn2)n1)C(C)C. The van der Waals surface area contributed by atoms with Gasteiger partial charge in [0.2, 0.25) is 5.91 Å². The van der Waals surface area contributed by atoms with E-state index in [1.54, 1.807) is 10.9 Å². The molecule has 1 amide bonds. The molecule has 0 saturated carbocycles. The van der Waals surface area contributed by atoms with Gasteiger partial charge < -0.3 is 10.1 Å². The predicted octanol–water partition coefficient (Wildman–Crippen LogP) is 3.60. The summed E-state index contributed by atoms with van der Waals surface area (Å²) in [5.74, 6) is -0.561. The van der Waals surface area contributed by atoms with E-state index in [0.717, 1.165) is 5.69 Å². The van der Waals surface area contributed by atoms with Gasteiger partial charge in [-0.15, -0.1) is 22.7 Å². The van der Waals surface area contributed by atoms with Crippen LogP contribution in [0.3, 0.4) is 0 Å². The Hall–Kier alpha value is -1.93. The third-order valence-electron chi connectivity index (χ3n) is 3.99. The summed E-state index contributed by atoms with van der Waals surface area (Å²) in [5, 5.41) is 7.16. The Morgan fingerprint density at radius 2 is 2.00 bits per heavy atom. The van der Waals surface area contributed by atoms with E-state index in [9.17, 15) is 14.4 Å². The van der Waals surface area contributed by atoms with Crippen LogP contribution in [-0.2, 0) is 9.59 Å². The van der Waals surface area contributed by atoms with Crippen LogP contribution in [-0.4, -0.2) is 34.0 Å². The highest BCUT2D eigenvalue weighted by atomic mass is 32.1. The molecule has 0 aliphatic carbocycles. The molecule has 2 aromatic heterocycles. The lowest BCUT2D eigenvalue weighted by Gasteiger charge is -2.19. The number of nitrogens with zero attached hydrogens (tertiary/aromatic N) is 2. The lowest BCUT2D eigenvalue weighted by atomic mass is 9.89. The van der Waals surface area contributed by atoms with Gasteiger partial charge in [-0.1, -0.05) is 13.8 Å². The molecule has 0 aromatic carbocycles. The topological polar surface area (TPSA) is 89.0 Å². The minimum absolute atomic E-state index is 0.0309. The fourth-order valence-electron chi connectivity index (χ4n) is 2.45. The van der Waals surface area contributed by atoms with E-state index in [2.05, 4.69) is 15.3 Å². The lowest BCUT2D eigenvalue weighted by molar-refractivity contribution is -0.126. The molecule has 1 atom stereocenters. The summed E-state index contributed by atoms with van der Waals surface area (Å²) >= 11 is 2.86. The minimum Gasteiger partial charge on any atom is -0.356 e. The molecule has 26 heavy (non-hydrogen) atoms. The number of ketones is 2. The molecule has 0 saturated heterocycles. The van der Waals surface area contributed by atoms with E-state index >= 15 is 0 Å². The average molecular weight is 394 g/mol. The van der Waals surface area contributed by atoms with Crippen LogP contribution in [0.5, 0.6) is 0 Å². The van der Waals surface area contributed by atoms with Crippen molar-refractivity contribution in [1.82, 2.24) is 15.3 Å². The molecule has 0 bridgehead atoms. The highest BCUT2D eigenvalue weighted by Gasteiger charge is 2.26. The molecule has 140 valence electrons. The molecular formula is C18H23N3O3S2. The van der Waals surface area contributed by atoms with Crippen LogP contribution in [0.2, 0.25) is 0 Å². The molecule has 8 heteroatoms. The molecule has 0 aliphatic rings. The molecule has 2 aromatic rings. The van der Waals surface area contributed by atoms with E-state index in [-0.39, 0.29) is 29.8 Å². The number of carbonyl (C=O) groups is 3. The van der Waals surface area contributed by atoms with Gasteiger partial charge in [-0.05, 0) is 19.3 Å². The van der Waals surface area contributed by atoms with Crippen LogP contribution in [0.4, 0.5) is 0 Å². The van der Waals surface area contributed by atoms with Crippen molar-refractivity contribution in [3.8, 4) is 10.7 Å². The van der Waals surface area contributed by atoms with Gasteiger partial charge >= 0.3 is 0 Å². The first-order valence-corrected chi connectivity index (χ1v) is 10.3. The van der Waals surface area contributed by atoms with Crippen LogP contribution in [0, 0.1) is 11.8 Å². The summed E-state index contributed by atoms with van der Waals surface area (Å²) in [7, 11) is 0. The third kappa shape index (κ3) is 5.81. The maximum absolute atomic E-state index is 12.6. The van der Waals surface area contributed by atoms with Crippen molar-refractivity contribution in [2.45, 2.75) is 40.0 Å². The summed E-state index contributed by atoms with van der Waals surface area (Å²) in [6.07, 6.45) is 1.18. The standard InChI is InChI=1S/C18H23N3O3S2/c1-11(2)13(17(24)19-6-4-5-12(3)22)7-16(23)14-9-26-18(21-14)15-8-25-10-20-15/h8-11,13H,4-7H2,1-3H3,(H,19,24)/t13-/m0/s1. The number of thiazole rings is 2. The van der Waals surface area contributed by atoms with Gasteiger partial charge in [0, 0.05) is 36.1 Å². The van der Waals surface area contributed by atoms with Crippen LogP contribution >= 0.6 is 22.7 Å². The van der Waals surface area contributed by atoms with Crippen LogP contribution in [0.1, 0.15) is 50.5 Å². The van der Waals surface area contributed by atoms with Crippen molar-refractivity contribution in [1.29, 1.82) is 0 Å². The number of hydrogen-bond donors (Lipinski definition) is 1. The minimum atomic E-state index is -0.413. The fourth-order valence-corrected chi connectivity index (χ4v) is 3.86. The van der Waals surface area contributed by atoms with E-state index in [1.165, 1.54) is 29.6 Å². The number of Topliss-reactive ketones (excluding diaryl/α,β-unsaturated/α-hetero) is 2. The van der Waals surface area contributed by atoms with Crippen molar-refractivity contribution in [3.63, 3.8) is 0 Å². The predicted molar refractivity (Wildman–Crippen MR) is 103 cm³/mol. The highest BCUT2D eigenvalue weighted by molar-refractivity contribution is 7.14. The first-order chi connectivity index (χ1) is 12.4. The molecule has 2 heterocycles. The number of nitrogens with one attached hydrogen (secondary N) is 1. The van der Waals surface area contributed by atoms with Crippen LogP contribution in [0.25, 0.3) is 10.7 Å². The second kappa shape index (κ2) is 9.68. The van der Waals surface area contributed by atoms with Gasteiger partial charge in [0.1, 0.15) is 22.2 Å². The number of rotatable bonds is 10. The monoisotopic (exact) mass is 393 g/mol. The van der Waals surface area contributed by atoms with Gasteiger partial charge in [-0.2, -0.15) is 0 Å². The number of amides is 1. The smallest absolute Gasteiger partial charge is 0.223 e.